The molecule has 7 heteroatoms. The summed E-state index contributed by atoms with van der Waals surface area (Å²) in [5.41, 5.74) is 4.48. The van der Waals surface area contributed by atoms with Gasteiger partial charge in [0.1, 0.15) is 5.75 Å². The lowest BCUT2D eigenvalue weighted by Gasteiger charge is -2.06. The molecule has 2 rings (SSSR count). The Morgan fingerprint density at radius 2 is 1.56 bits per heavy atom. The highest BCUT2D eigenvalue weighted by atomic mass is 16.5. The van der Waals surface area contributed by atoms with E-state index in [4.69, 9.17) is 4.74 Å². The molecule has 34 heavy (non-hydrogen) atoms. The standard InChI is InChI=1S/C27H35N3O4/c1-3-4-5-6-7-8-9-14-25(31)28-20-26(32)30-29-19-22-15-17-23(18-16-22)34-27(33)24-13-11-10-12-21(24)2/h10-13,15-19H,3-9,14,20H2,1-2H3,(H,28,31)(H,30,32)/b29-19-. The molecule has 7 nitrogen and oxygen atoms in total. The predicted molar refractivity (Wildman–Crippen MR) is 134 cm³/mol. The van der Waals surface area contributed by atoms with Crippen LogP contribution < -0.4 is 15.5 Å². The SMILES string of the molecule is CCCCCCCCCC(=O)NCC(=O)N/N=C\c1ccc(OC(=O)c2ccccc2C)cc1. The van der Waals surface area contributed by atoms with Gasteiger partial charge < -0.3 is 10.1 Å². The minimum atomic E-state index is -0.416. The first-order valence-electron chi connectivity index (χ1n) is 12.0. The topological polar surface area (TPSA) is 96.9 Å². The van der Waals surface area contributed by atoms with Crippen LogP contribution in [0.15, 0.2) is 53.6 Å². The van der Waals surface area contributed by atoms with Crippen molar-refractivity contribution in [1.29, 1.82) is 0 Å². The molecule has 0 saturated heterocycles. The van der Waals surface area contributed by atoms with Crippen LogP contribution in [0.4, 0.5) is 0 Å². The molecule has 0 atom stereocenters. The van der Waals surface area contributed by atoms with Crippen LogP contribution in [-0.4, -0.2) is 30.5 Å². The molecule has 0 spiro atoms. The Hall–Kier alpha value is -3.48. The Balaban J connectivity index is 1.64. The normalized spacial score (nSPS) is 10.8. The highest BCUT2D eigenvalue weighted by Crippen LogP contribution is 2.15. The average Bonchev–Trinajstić information content (AvgIpc) is 2.83. The number of nitrogens with one attached hydrogen (secondary N) is 2. The summed E-state index contributed by atoms with van der Waals surface area (Å²) in [6.07, 6.45) is 9.92. The zero-order valence-electron chi connectivity index (χ0n) is 20.1. The highest BCUT2D eigenvalue weighted by Gasteiger charge is 2.10. The molecule has 0 aliphatic rings. The third-order valence-corrected chi connectivity index (χ3v) is 5.31. The van der Waals surface area contributed by atoms with E-state index >= 15 is 0 Å². The highest BCUT2D eigenvalue weighted by molar-refractivity contribution is 5.92. The van der Waals surface area contributed by atoms with Gasteiger partial charge in [-0.05, 0) is 54.8 Å². The van der Waals surface area contributed by atoms with Crippen LogP contribution >= 0.6 is 0 Å². The van der Waals surface area contributed by atoms with Gasteiger partial charge in [0.15, 0.2) is 0 Å². The van der Waals surface area contributed by atoms with Crippen molar-refractivity contribution in [2.75, 3.05) is 6.54 Å². The Labute approximate surface area is 202 Å². The first kappa shape index (κ1) is 26.8. The number of unbranched alkanes of at least 4 members (excludes halogenated alkanes) is 6. The molecule has 2 amide bonds. The third-order valence-electron chi connectivity index (χ3n) is 5.31. The van der Waals surface area contributed by atoms with E-state index in [1.807, 2.05) is 19.1 Å². The maximum Gasteiger partial charge on any atom is 0.343 e. The van der Waals surface area contributed by atoms with Gasteiger partial charge in [-0.1, -0.05) is 63.6 Å². The second-order valence-electron chi connectivity index (χ2n) is 8.21. The molecule has 2 aromatic rings. The number of carbonyl (C=O) groups is 3. The van der Waals surface area contributed by atoms with Gasteiger partial charge in [0.2, 0.25) is 5.91 Å². The molecule has 0 aromatic heterocycles. The number of nitrogens with zero attached hydrogens (tertiary/aromatic N) is 1. The summed E-state index contributed by atoms with van der Waals surface area (Å²) in [7, 11) is 0. The van der Waals surface area contributed by atoms with Gasteiger partial charge >= 0.3 is 5.97 Å². The summed E-state index contributed by atoms with van der Waals surface area (Å²) in [6, 6.07) is 14.0. The van der Waals surface area contributed by atoms with Crippen molar-refractivity contribution in [3.05, 3.63) is 65.2 Å². The van der Waals surface area contributed by atoms with Crippen LogP contribution in [0.5, 0.6) is 5.75 Å². The molecule has 182 valence electrons. The molecule has 2 aromatic carbocycles. The summed E-state index contributed by atoms with van der Waals surface area (Å²) in [6.45, 7) is 3.93. The summed E-state index contributed by atoms with van der Waals surface area (Å²) in [5, 5.41) is 6.51. The molecule has 0 radical (unpaired) electrons. The van der Waals surface area contributed by atoms with Crippen LogP contribution in [0, 0.1) is 6.92 Å². The smallest absolute Gasteiger partial charge is 0.343 e. The van der Waals surface area contributed by atoms with E-state index < -0.39 is 11.9 Å². The number of ether oxygens (including phenoxy) is 1. The Bertz CT molecular complexity index is 955. The lowest BCUT2D eigenvalue weighted by Crippen LogP contribution is -2.34. The van der Waals surface area contributed by atoms with Crippen LogP contribution in [0.1, 0.15) is 79.8 Å². The summed E-state index contributed by atoms with van der Waals surface area (Å²) >= 11 is 0. The van der Waals surface area contributed by atoms with Gasteiger partial charge in [0.25, 0.3) is 5.91 Å². The Kier molecular flexibility index (Phi) is 12.1. The number of hydrogen-bond donors (Lipinski definition) is 2. The maximum atomic E-state index is 12.3. The third kappa shape index (κ3) is 10.4. The number of esters is 1. The fourth-order valence-corrected chi connectivity index (χ4v) is 3.31. The fourth-order valence-electron chi connectivity index (χ4n) is 3.31. The van der Waals surface area contributed by atoms with E-state index in [0.717, 1.165) is 30.4 Å². The monoisotopic (exact) mass is 465 g/mol. The summed E-state index contributed by atoms with van der Waals surface area (Å²) in [4.78, 5) is 36.0. The van der Waals surface area contributed by atoms with Crippen LogP contribution in [0.2, 0.25) is 0 Å². The molecule has 0 aliphatic carbocycles. The van der Waals surface area contributed by atoms with Crippen molar-refractivity contribution >= 4 is 24.0 Å². The lowest BCUT2D eigenvalue weighted by atomic mass is 10.1. The van der Waals surface area contributed by atoms with Crippen LogP contribution in [-0.2, 0) is 9.59 Å². The average molecular weight is 466 g/mol. The number of amides is 2. The van der Waals surface area contributed by atoms with Crippen LogP contribution in [0.3, 0.4) is 0 Å². The van der Waals surface area contributed by atoms with E-state index in [1.54, 1.807) is 36.4 Å². The first-order valence-corrected chi connectivity index (χ1v) is 12.0. The number of benzene rings is 2. The summed E-state index contributed by atoms with van der Waals surface area (Å²) in [5.74, 6) is -0.518. The zero-order chi connectivity index (χ0) is 24.6. The number of aryl methyl sites for hydroxylation is 1. The molecule has 0 unspecified atom stereocenters. The van der Waals surface area contributed by atoms with E-state index in [-0.39, 0.29) is 12.5 Å². The van der Waals surface area contributed by atoms with Crippen LogP contribution in [0.25, 0.3) is 0 Å². The summed E-state index contributed by atoms with van der Waals surface area (Å²) < 4.78 is 5.40. The molecule has 2 N–H and O–H groups in total. The van der Waals surface area contributed by atoms with E-state index in [9.17, 15) is 14.4 Å². The van der Waals surface area contributed by atoms with Gasteiger partial charge in [0.05, 0.1) is 18.3 Å². The molecule has 0 aliphatic heterocycles. The molecule has 0 saturated carbocycles. The predicted octanol–water partition coefficient (Wildman–Crippen LogP) is 4.92. The Morgan fingerprint density at radius 3 is 2.26 bits per heavy atom. The number of hydrogen-bond acceptors (Lipinski definition) is 5. The zero-order valence-corrected chi connectivity index (χ0v) is 20.1. The van der Waals surface area contributed by atoms with E-state index in [1.165, 1.54) is 31.9 Å². The van der Waals surface area contributed by atoms with Crippen molar-refractivity contribution in [1.82, 2.24) is 10.7 Å². The number of hydrazone groups is 1. The quantitative estimate of drug-likeness (QED) is 0.136. The minimum absolute atomic E-state index is 0.111. The fraction of sp³-hybridized carbons (Fsp3) is 0.407. The molecule has 0 heterocycles. The second-order valence-corrected chi connectivity index (χ2v) is 8.21. The molecular formula is C27H35N3O4. The molecule has 0 bridgehead atoms. The second kappa shape index (κ2) is 15.4. The van der Waals surface area contributed by atoms with E-state index in [0.29, 0.717) is 17.7 Å². The van der Waals surface area contributed by atoms with Gasteiger partial charge in [-0.2, -0.15) is 5.10 Å². The number of carbonyl (C=O) groups excluding carboxylic acids is 3. The first-order chi connectivity index (χ1) is 16.5. The maximum absolute atomic E-state index is 12.3. The molecule has 0 fully saturated rings. The van der Waals surface area contributed by atoms with Gasteiger partial charge in [-0.25, -0.2) is 10.2 Å². The lowest BCUT2D eigenvalue weighted by molar-refractivity contribution is -0.126. The van der Waals surface area contributed by atoms with Gasteiger partial charge in [-0.3, -0.25) is 9.59 Å². The van der Waals surface area contributed by atoms with Gasteiger partial charge in [-0.15, -0.1) is 0 Å². The van der Waals surface area contributed by atoms with Crippen molar-refractivity contribution in [3.8, 4) is 5.75 Å². The van der Waals surface area contributed by atoms with Crippen molar-refractivity contribution in [2.24, 2.45) is 5.10 Å². The van der Waals surface area contributed by atoms with Gasteiger partial charge in [0, 0.05) is 6.42 Å². The van der Waals surface area contributed by atoms with Crippen molar-refractivity contribution < 1.29 is 19.1 Å². The minimum Gasteiger partial charge on any atom is -0.423 e. The molecular weight excluding hydrogens is 430 g/mol. The number of rotatable bonds is 14. The van der Waals surface area contributed by atoms with Crippen molar-refractivity contribution in [3.63, 3.8) is 0 Å². The van der Waals surface area contributed by atoms with E-state index in [2.05, 4.69) is 22.8 Å². The largest absolute Gasteiger partial charge is 0.423 e. The van der Waals surface area contributed by atoms with Crippen molar-refractivity contribution in [2.45, 2.75) is 65.2 Å². The Morgan fingerprint density at radius 1 is 0.882 bits per heavy atom.